The number of hydrogen-bond donors (Lipinski definition) is 2. The van der Waals surface area contributed by atoms with Gasteiger partial charge < -0.3 is 10.6 Å². The summed E-state index contributed by atoms with van der Waals surface area (Å²) in [7, 11) is 0. The standard InChI is InChI=1S/C26H32N4/c1-18-9-12-22(13-10-18)29-25-15-23(20(3)16-27-25)26-19(2)11-14-24(30-26)28-17-21-7-5-4-6-8-21/h4-8,11,14-16,19,22,26H,1,9-10,12-13,17H2,2-3H3,(H,27,29)(H,28,30). The second kappa shape index (κ2) is 9.29. The summed E-state index contributed by atoms with van der Waals surface area (Å²) in [6.07, 6.45) is 10.9. The van der Waals surface area contributed by atoms with Crippen LogP contribution in [0.3, 0.4) is 0 Å². The summed E-state index contributed by atoms with van der Waals surface area (Å²) in [6, 6.07) is 13.3. The number of aliphatic imine (C=N–C) groups is 1. The largest absolute Gasteiger partial charge is 0.367 e. The van der Waals surface area contributed by atoms with Gasteiger partial charge in [-0.3, -0.25) is 4.99 Å². The van der Waals surface area contributed by atoms with E-state index in [1.54, 1.807) is 0 Å². The smallest absolute Gasteiger partial charge is 0.126 e. The van der Waals surface area contributed by atoms with Gasteiger partial charge in [-0.15, -0.1) is 0 Å². The number of amidine groups is 1. The molecule has 2 atom stereocenters. The second-order valence-electron chi connectivity index (χ2n) is 8.62. The minimum Gasteiger partial charge on any atom is -0.367 e. The van der Waals surface area contributed by atoms with Crippen molar-refractivity contribution in [3.05, 3.63) is 83.6 Å². The molecule has 2 aromatic rings. The maximum Gasteiger partial charge on any atom is 0.126 e. The van der Waals surface area contributed by atoms with Gasteiger partial charge in [0.2, 0.25) is 0 Å². The third-order valence-corrected chi connectivity index (χ3v) is 6.19. The van der Waals surface area contributed by atoms with E-state index in [2.05, 4.69) is 78.5 Å². The molecule has 1 aromatic heterocycles. The fraction of sp³-hybridized carbons (Fsp3) is 0.385. The quantitative estimate of drug-likeness (QED) is 0.630. The summed E-state index contributed by atoms with van der Waals surface area (Å²) in [4.78, 5) is 9.45. The molecule has 4 heteroatoms. The lowest BCUT2D eigenvalue weighted by Gasteiger charge is -2.30. The fourth-order valence-electron chi connectivity index (χ4n) is 4.24. The van der Waals surface area contributed by atoms with Gasteiger partial charge in [0.15, 0.2) is 0 Å². The van der Waals surface area contributed by atoms with E-state index in [-0.39, 0.29) is 6.04 Å². The third kappa shape index (κ3) is 4.99. The first-order valence-electron chi connectivity index (χ1n) is 11.0. The van der Waals surface area contributed by atoms with Crippen LogP contribution in [0.1, 0.15) is 55.3 Å². The maximum absolute atomic E-state index is 4.80. The highest BCUT2D eigenvalue weighted by molar-refractivity contribution is 5.94. The van der Waals surface area contributed by atoms with E-state index in [1.165, 1.54) is 22.3 Å². The van der Waals surface area contributed by atoms with Crippen molar-refractivity contribution in [1.82, 2.24) is 10.3 Å². The zero-order chi connectivity index (χ0) is 20.9. The zero-order valence-corrected chi connectivity index (χ0v) is 18.1. The molecule has 0 bridgehead atoms. The van der Waals surface area contributed by atoms with E-state index >= 15 is 0 Å². The van der Waals surface area contributed by atoms with Crippen LogP contribution in [0.15, 0.2) is 71.9 Å². The highest BCUT2D eigenvalue weighted by atomic mass is 15.0. The first-order chi connectivity index (χ1) is 14.6. The average Bonchev–Trinajstić information content (AvgIpc) is 2.77. The van der Waals surface area contributed by atoms with Gasteiger partial charge >= 0.3 is 0 Å². The van der Waals surface area contributed by atoms with Crippen molar-refractivity contribution in [2.24, 2.45) is 10.9 Å². The average molecular weight is 401 g/mol. The SMILES string of the molecule is C=C1CCC(Nc2cc(C3NC(=NCc4ccccc4)C=CC3C)c(C)cn2)CC1. The molecule has 2 N–H and O–H groups in total. The zero-order valence-electron chi connectivity index (χ0n) is 18.1. The number of aryl methyl sites for hydroxylation is 1. The van der Waals surface area contributed by atoms with Crippen LogP contribution in [0.4, 0.5) is 5.82 Å². The highest BCUT2D eigenvalue weighted by Crippen LogP contribution is 2.31. The van der Waals surface area contributed by atoms with Gasteiger partial charge in [0.1, 0.15) is 11.7 Å². The van der Waals surface area contributed by atoms with E-state index in [4.69, 9.17) is 4.99 Å². The number of rotatable bonds is 5. The van der Waals surface area contributed by atoms with Gasteiger partial charge in [-0.1, -0.05) is 55.5 Å². The molecule has 156 valence electrons. The van der Waals surface area contributed by atoms with Gasteiger partial charge in [-0.25, -0.2) is 4.98 Å². The Bertz CT molecular complexity index is 935. The van der Waals surface area contributed by atoms with Crippen LogP contribution < -0.4 is 10.6 Å². The van der Waals surface area contributed by atoms with Gasteiger partial charge in [0.25, 0.3) is 0 Å². The summed E-state index contributed by atoms with van der Waals surface area (Å²) in [5.41, 5.74) is 5.09. The summed E-state index contributed by atoms with van der Waals surface area (Å²) in [5, 5.41) is 7.32. The monoisotopic (exact) mass is 400 g/mol. The number of benzene rings is 1. The Labute approximate surface area is 180 Å². The van der Waals surface area contributed by atoms with Crippen LogP contribution in [-0.2, 0) is 6.54 Å². The first kappa shape index (κ1) is 20.4. The van der Waals surface area contributed by atoms with Crippen molar-refractivity contribution in [3.63, 3.8) is 0 Å². The van der Waals surface area contributed by atoms with Gasteiger partial charge in [-0.05, 0) is 67.4 Å². The molecule has 0 spiro atoms. The highest BCUT2D eigenvalue weighted by Gasteiger charge is 2.24. The van der Waals surface area contributed by atoms with Crippen LogP contribution >= 0.6 is 0 Å². The molecule has 0 radical (unpaired) electrons. The molecule has 2 unspecified atom stereocenters. The Morgan fingerprint density at radius 2 is 1.97 bits per heavy atom. The lowest BCUT2D eigenvalue weighted by Crippen LogP contribution is -2.35. The van der Waals surface area contributed by atoms with E-state index in [0.717, 1.165) is 37.3 Å². The van der Waals surface area contributed by atoms with Crippen LogP contribution in [-0.4, -0.2) is 16.9 Å². The van der Waals surface area contributed by atoms with E-state index in [1.807, 2.05) is 12.3 Å². The molecule has 4 rings (SSSR count). The van der Waals surface area contributed by atoms with Crippen LogP contribution in [0.25, 0.3) is 0 Å². The minimum atomic E-state index is 0.194. The van der Waals surface area contributed by atoms with Crippen molar-refractivity contribution < 1.29 is 0 Å². The lowest BCUT2D eigenvalue weighted by atomic mass is 9.89. The molecule has 2 heterocycles. The molecule has 1 aliphatic carbocycles. The second-order valence-corrected chi connectivity index (χ2v) is 8.62. The Morgan fingerprint density at radius 3 is 2.73 bits per heavy atom. The predicted molar refractivity (Wildman–Crippen MR) is 126 cm³/mol. The Kier molecular flexibility index (Phi) is 6.32. The number of hydrogen-bond acceptors (Lipinski definition) is 3. The Hall–Kier alpha value is -2.88. The van der Waals surface area contributed by atoms with E-state index < -0.39 is 0 Å². The van der Waals surface area contributed by atoms with Crippen molar-refractivity contribution in [2.45, 2.75) is 58.2 Å². The molecule has 2 aliphatic rings. The minimum absolute atomic E-state index is 0.194. The maximum atomic E-state index is 4.80. The molecule has 1 aliphatic heterocycles. The number of allylic oxidation sites excluding steroid dienone is 1. The van der Waals surface area contributed by atoms with Crippen LogP contribution in [0, 0.1) is 12.8 Å². The molecule has 30 heavy (non-hydrogen) atoms. The number of nitrogens with zero attached hydrogens (tertiary/aromatic N) is 2. The van der Waals surface area contributed by atoms with Crippen molar-refractivity contribution in [2.75, 3.05) is 5.32 Å². The number of pyridine rings is 1. The summed E-state index contributed by atoms with van der Waals surface area (Å²) in [5.74, 6) is 2.30. The van der Waals surface area contributed by atoms with Gasteiger partial charge in [-0.2, -0.15) is 0 Å². The van der Waals surface area contributed by atoms with Crippen LogP contribution in [0.2, 0.25) is 0 Å². The van der Waals surface area contributed by atoms with E-state index in [9.17, 15) is 0 Å². The molecule has 4 nitrogen and oxygen atoms in total. The normalized spacial score (nSPS) is 23.4. The topological polar surface area (TPSA) is 49.3 Å². The molecule has 0 amide bonds. The van der Waals surface area contributed by atoms with Crippen molar-refractivity contribution in [3.8, 4) is 0 Å². The fourth-order valence-corrected chi connectivity index (χ4v) is 4.24. The van der Waals surface area contributed by atoms with E-state index in [0.29, 0.717) is 18.5 Å². The Morgan fingerprint density at radius 1 is 1.20 bits per heavy atom. The van der Waals surface area contributed by atoms with Crippen molar-refractivity contribution >= 4 is 11.7 Å². The molecular formula is C26H32N4. The van der Waals surface area contributed by atoms with Gasteiger partial charge in [0.05, 0.1) is 12.6 Å². The number of aromatic nitrogens is 1. The summed E-state index contributed by atoms with van der Waals surface area (Å²) in [6.45, 7) is 9.20. The number of nitrogens with one attached hydrogen (secondary N) is 2. The van der Waals surface area contributed by atoms with Crippen LogP contribution in [0.5, 0.6) is 0 Å². The molecule has 1 fully saturated rings. The van der Waals surface area contributed by atoms with Crippen molar-refractivity contribution in [1.29, 1.82) is 0 Å². The first-order valence-corrected chi connectivity index (χ1v) is 11.0. The molecule has 0 saturated heterocycles. The molecule has 1 saturated carbocycles. The van der Waals surface area contributed by atoms with Gasteiger partial charge in [0, 0.05) is 12.2 Å². The predicted octanol–water partition coefficient (Wildman–Crippen LogP) is 5.74. The lowest BCUT2D eigenvalue weighted by molar-refractivity contribution is 0.503. The third-order valence-electron chi connectivity index (χ3n) is 6.19. The molecular weight excluding hydrogens is 368 g/mol. The Balaban J connectivity index is 1.49. The summed E-state index contributed by atoms with van der Waals surface area (Å²) >= 11 is 0. The molecule has 1 aromatic carbocycles. The summed E-state index contributed by atoms with van der Waals surface area (Å²) < 4.78 is 0. The number of anilines is 1.